The molecule has 8 heteroatoms. The highest BCUT2D eigenvalue weighted by Crippen LogP contribution is 2.43. The van der Waals surface area contributed by atoms with Gasteiger partial charge >= 0.3 is 0 Å². The average Bonchev–Trinajstić information content (AvgIpc) is 3.38. The number of aromatic nitrogens is 4. The monoisotopic (exact) mass is 484 g/mol. The fraction of sp³-hybridized carbons (Fsp3) is 0.273. The van der Waals surface area contributed by atoms with Gasteiger partial charge in [0.1, 0.15) is 0 Å². The topological polar surface area (TPSA) is 65.0 Å². The summed E-state index contributed by atoms with van der Waals surface area (Å²) in [6, 6.07) is 12.7. The largest absolute Gasteiger partial charge is 0.493 e. The minimum atomic E-state index is 0.472. The maximum atomic E-state index is 5.46. The third kappa shape index (κ3) is 3.48. The maximum absolute atomic E-state index is 5.46. The molecule has 0 saturated heterocycles. The minimum absolute atomic E-state index is 0.472. The molecule has 154 valence electrons. The molecule has 30 heavy (non-hydrogen) atoms. The Morgan fingerprint density at radius 1 is 1.13 bits per heavy atom. The van der Waals surface area contributed by atoms with Crippen molar-refractivity contribution in [1.29, 1.82) is 0 Å². The summed E-state index contributed by atoms with van der Waals surface area (Å²) in [5.41, 5.74) is 3.34. The van der Waals surface area contributed by atoms with Gasteiger partial charge in [-0.05, 0) is 36.6 Å². The molecule has 0 atom stereocenters. The van der Waals surface area contributed by atoms with Gasteiger partial charge in [-0.15, -0.1) is 10.2 Å². The lowest BCUT2D eigenvalue weighted by molar-refractivity contribution is 0.354. The molecule has 1 N–H and O–H groups in total. The van der Waals surface area contributed by atoms with Crippen molar-refractivity contribution in [3.63, 3.8) is 0 Å². The van der Waals surface area contributed by atoms with Crippen LogP contribution in [-0.2, 0) is 5.75 Å². The van der Waals surface area contributed by atoms with Crippen molar-refractivity contribution in [2.75, 3.05) is 14.2 Å². The van der Waals surface area contributed by atoms with E-state index in [1.54, 1.807) is 26.0 Å². The molecule has 0 unspecified atom stereocenters. The third-order valence-electron chi connectivity index (χ3n) is 5.32. The van der Waals surface area contributed by atoms with Gasteiger partial charge in [-0.25, -0.2) is 0 Å². The van der Waals surface area contributed by atoms with Gasteiger partial charge in [-0.1, -0.05) is 45.9 Å². The molecule has 2 heterocycles. The first-order valence-corrected chi connectivity index (χ1v) is 11.5. The summed E-state index contributed by atoms with van der Waals surface area (Å²) in [6.45, 7) is 0. The van der Waals surface area contributed by atoms with Crippen LogP contribution in [0.3, 0.4) is 0 Å². The van der Waals surface area contributed by atoms with Gasteiger partial charge in [-0.3, -0.25) is 4.57 Å². The normalized spacial score (nSPS) is 13.7. The molecule has 6 nitrogen and oxygen atoms in total. The average molecular weight is 485 g/mol. The highest BCUT2D eigenvalue weighted by Gasteiger charge is 2.31. The van der Waals surface area contributed by atoms with Gasteiger partial charge in [0.05, 0.1) is 14.2 Å². The summed E-state index contributed by atoms with van der Waals surface area (Å²) in [5, 5.41) is 11.2. The molecule has 2 aromatic heterocycles. The summed E-state index contributed by atoms with van der Waals surface area (Å²) >= 11 is 5.34. The van der Waals surface area contributed by atoms with E-state index in [0.29, 0.717) is 11.8 Å². The van der Waals surface area contributed by atoms with Gasteiger partial charge in [0.2, 0.25) is 0 Å². The lowest BCUT2D eigenvalue weighted by atomic mass is 10.1. The second kappa shape index (κ2) is 8.00. The molecule has 1 fully saturated rings. The summed E-state index contributed by atoms with van der Waals surface area (Å²) in [7, 11) is 3.29. The number of nitrogens with one attached hydrogen (secondary N) is 1. The Kier molecular flexibility index (Phi) is 5.20. The zero-order chi connectivity index (χ0) is 20.7. The number of aromatic amines is 1. The summed E-state index contributed by atoms with van der Waals surface area (Å²) < 4.78 is 14.1. The Labute approximate surface area is 187 Å². The van der Waals surface area contributed by atoms with Crippen LogP contribution in [0, 0.1) is 0 Å². The van der Waals surface area contributed by atoms with Crippen molar-refractivity contribution < 1.29 is 9.47 Å². The number of ether oxygens (including phenoxy) is 2. The Balaban J connectivity index is 1.47. The quantitative estimate of drug-likeness (QED) is 0.334. The molecule has 0 spiro atoms. The molecule has 0 radical (unpaired) electrons. The summed E-state index contributed by atoms with van der Waals surface area (Å²) in [5.74, 6) is 3.11. The van der Waals surface area contributed by atoms with Crippen molar-refractivity contribution in [3.8, 4) is 22.9 Å². The Hall–Kier alpha value is -2.45. The van der Waals surface area contributed by atoms with Crippen LogP contribution < -0.4 is 9.47 Å². The Morgan fingerprint density at radius 2 is 1.90 bits per heavy atom. The fourth-order valence-electron chi connectivity index (χ4n) is 3.63. The molecule has 0 bridgehead atoms. The van der Waals surface area contributed by atoms with Gasteiger partial charge in [0.25, 0.3) is 0 Å². The number of hydrogen-bond acceptors (Lipinski definition) is 5. The van der Waals surface area contributed by atoms with Crippen molar-refractivity contribution in [1.82, 2.24) is 19.7 Å². The first kappa shape index (κ1) is 19.5. The van der Waals surface area contributed by atoms with E-state index in [2.05, 4.69) is 53.9 Å². The molecule has 1 aliphatic rings. The lowest BCUT2D eigenvalue weighted by Gasteiger charge is -2.12. The number of benzene rings is 2. The molecular formula is C22H21BrN4O2S. The van der Waals surface area contributed by atoms with E-state index in [9.17, 15) is 0 Å². The van der Waals surface area contributed by atoms with E-state index >= 15 is 0 Å². The van der Waals surface area contributed by atoms with Gasteiger partial charge in [0.15, 0.2) is 22.5 Å². The number of rotatable bonds is 7. The van der Waals surface area contributed by atoms with E-state index in [4.69, 9.17) is 9.47 Å². The molecule has 5 rings (SSSR count). The number of H-pyrrole nitrogens is 1. The minimum Gasteiger partial charge on any atom is -0.493 e. The number of thioether (sulfide) groups is 1. The molecule has 1 saturated carbocycles. The first-order valence-electron chi connectivity index (χ1n) is 9.74. The zero-order valence-electron chi connectivity index (χ0n) is 16.7. The Morgan fingerprint density at radius 3 is 2.67 bits per heavy atom. The lowest BCUT2D eigenvalue weighted by Crippen LogP contribution is -2.00. The highest BCUT2D eigenvalue weighted by atomic mass is 79.9. The van der Waals surface area contributed by atoms with Crippen molar-refractivity contribution in [2.45, 2.75) is 29.8 Å². The number of fused-ring (bicyclic) bond motifs is 1. The fourth-order valence-corrected chi connectivity index (χ4v) is 5.27. The van der Waals surface area contributed by atoms with Gasteiger partial charge in [-0.2, -0.15) is 0 Å². The molecule has 0 amide bonds. The van der Waals surface area contributed by atoms with Crippen LogP contribution in [0.5, 0.6) is 11.5 Å². The number of methoxy groups -OCH3 is 2. The van der Waals surface area contributed by atoms with Crippen LogP contribution >= 0.6 is 27.7 Å². The van der Waals surface area contributed by atoms with Crippen molar-refractivity contribution in [2.24, 2.45) is 0 Å². The van der Waals surface area contributed by atoms with E-state index in [1.165, 1.54) is 18.2 Å². The predicted octanol–water partition coefficient (Wildman–Crippen LogP) is 5.83. The van der Waals surface area contributed by atoms with Crippen LogP contribution in [0.4, 0.5) is 0 Å². The third-order valence-corrected chi connectivity index (χ3v) is 7.05. The second-order valence-corrected chi connectivity index (χ2v) is 9.04. The highest BCUT2D eigenvalue weighted by molar-refractivity contribution is 9.10. The van der Waals surface area contributed by atoms with Gasteiger partial charge < -0.3 is 14.5 Å². The van der Waals surface area contributed by atoms with Crippen molar-refractivity contribution >= 4 is 38.6 Å². The molecule has 1 aliphatic carbocycles. The smallest absolute Gasteiger partial charge is 0.192 e. The molecule has 2 aromatic carbocycles. The van der Waals surface area contributed by atoms with Crippen LogP contribution in [0.1, 0.15) is 24.4 Å². The van der Waals surface area contributed by atoms with E-state index in [0.717, 1.165) is 43.6 Å². The van der Waals surface area contributed by atoms with Crippen LogP contribution in [0.2, 0.25) is 0 Å². The number of halogens is 1. The van der Waals surface area contributed by atoms with Crippen LogP contribution in [-0.4, -0.2) is 34.0 Å². The van der Waals surface area contributed by atoms with E-state index in [1.807, 2.05) is 24.4 Å². The maximum Gasteiger partial charge on any atom is 0.192 e. The number of para-hydroxylation sites is 1. The van der Waals surface area contributed by atoms with Gasteiger partial charge in [0, 0.05) is 38.9 Å². The van der Waals surface area contributed by atoms with Crippen molar-refractivity contribution in [3.05, 3.63) is 52.6 Å². The molecule has 4 aromatic rings. The zero-order valence-corrected chi connectivity index (χ0v) is 19.1. The SMILES string of the molecule is COc1cc(Br)c(CSc2nnc(-c3c[nH]c4ccccc34)n2C2CC2)cc1OC. The summed E-state index contributed by atoms with van der Waals surface area (Å²) in [6.07, 6.45) is 4.37. The molecular weight excluding hydrogens is 464 g/mol. The van der Waals surface area contributed by atoms with Crippen LogP contribution in [0.15, 0.2) is 52.2 Å². The van der Waals surface area contributed by atoms with E-state index < -0.39 is 0 Å². The molecule has 0 aliphatic heterocycles. The number of nitrogens with zero attached hydrogens (tertiary/aromatic N) is 3. The second-order valence-electron chi connectivity index (χ2n) is 7.24. The standard InChI is InChI=1S/C22H21BrN4O2S/c1-28-19-9-13(17(23)10-20(19)29-2)12-30-22-26-25-21(27(22)14-7-8-14)16-11-24-18-6-4-3-5-15(16)18/h3-6,9-11,14,24H,7-8,12H2,1-2H3. The summed E-state index contributed by atoms with van der Waals surface area (Å²) in [4.78, 5) is 3.35. The Bertz CT molecular complexity index is 1220. The first-order chi connectivity index (χ1) is 14.7. The predicted molar refractivity (Wildman–Crippen MR) is 122 cm³/mol. The van der Waals surface area contributed by atoms with E-state index in [-0.39, 0.29) is 0 Å². The number of hydrogen-bond donors (Lipinski definition) is 1. The van der Waals surface area contributed by atoms with Crippen LogP contribution in [0.25, 0.3) is 22.3 Å².